The van der Waals surface area contributed by atoms with Gasteiger partial charge in [-0.15, -0.1) is 0 Å². The molecule has 0 radical (unpaired) electrons. The molecule has 0 aliphatic heterocycles. The highest BCUT2D eigenvalue weighted by atomic mass is 35.5. The van der Waals surface area contributed by atoms with Crippen LogP contribution in [0.3, 0.4) is 0 Å². The monoisotopic (exact) mass is 418 g/mol. The van der Waals surface area contributed by atoms with Crippen molar-refractivity contribution in [2.75, 3.05) is 16.8 Å². The number of nitrogens with two attached hydrogens (primary N) is 2. The summed E-state index contributed by atoms with van der Waals surface area (Å²) in [4.78, 5) is 12.5. The van der Waals surface area contributed by atoms with Crippen LogP contribution in [0.25, 0.3) is 16.7 Å². The van der Waals surface area contributed by atoms with Gasteiger partial charge >= 0.3 is 0 Å². The van der Waals surface area contributed by atoms with E-state index in [4.69, 9.17) is 23.1 Å². The molecule has 3 heterocycles. The van der Waals surface area contributed by atoms with E-state index in [1.807, 2.05) is 48.9 Å². The van der Waals surface area contributed by atoms with E-state index in [2.05, 4.69) is 26.3 Å². The molecule has 150 valence electrons. The number of fused-ring (bicyclic) bond motifs is 1. The minimum absolute atomic E-state index is 0.0110. The van der Waals surface area contributed by atoms with Crippen molar-refractivity contribution in [1.29, 1.82) is 5.26 Å². The van der Waals surface area contributed by atoms with Gasteiger partial charge in [0.1, 0.15) is 23.1 Å². The average Bonchev–Trinajstić information content (AvgIpc) is 3.09. The second kappa shape index (κ2) is 7.54. The summed E-state index contributed by atoms with van der Waals surface area (Å²) in [7, 11) is 0. The lowest BCUT2D eigenvalue weighted by molar-refractivity contribution is 0.874. The van der Waals surface area contributed by atoms with E-state index in [9.17, 15) is 5.26 Å². The van der Waals surface area contributed by atoms with Crippen molar-refractivity contribution in [1.82, 2.24) is 19.5 Å². The van der Waals surface area contributed by atoms with Crippen LogP contribution in [0, 0.1) is 18.3 Å². The van der Waals surface area contributed by atoms with Crippen molar-refractivity contribution in [3.63, 3.8) is 0 Å². The van der Waals surface area contributed by atoms with Crippen LogP contribution >= 0.6 is 11.6 Å². The second-order valence-electron chi connectivity index (χ2n) is 6.95. The van der Waals surface area contributed by atoms with Crippen LogP contribution in [0.1, 0.15) is 29.7 Å². The summed E-state index contributed by atoms with van der Waals surface area (Å²) in [5, 5.41) is 14.1. The van der Waals surface area contributed by atoms with Gasteiger partial charge in [0, 0.05) is 29.0 Å². The van der Waals surface area contributed by atoms with Crippen LogP contribution in [-0.2, 0) is 0 Å². The number of hydrogen-bond donors (Lipinski definition) is 3. The second-order valence-corrected chi connectivity index (χ2v) is 7.36. The fraction of sp³-hybridized carbons (Fsp3) is 0.143. The zero-order valence-electron chi connectivity index (χ0n) is 16.4. The van der Waals surface area contributed by atoms with Crippen LogP contribution in [0.2, 0.25) is 5.02 Å². The van der Waals surface area contributed by atoms with Crippen LogP contribution in [-0.4, -0.2) is 19.5 Å². The number of anilines is 3. The molecule has 0 unspecified atom stereocenters. The van der Waals surface area contributed by atoms with Gasteiger partial charge in [-0.2, -0.15) is 15.2 Å². The Morgan fingerprint density at radius 1 is 1.23 bits per heavy atom. The van der Waals surface area contributed by atoms with Gasteiger partial charge in [-0.3, -0.25) is 0 Å². The Balaban J connectivity index is 1.85. The molecule has 0 amide bonds. The molecule has 0 fully saturated rings. The number of hydrogen-bond acceptors (Lipinski definition) is 7. The molecule has 30 heavy (non-hydrogen) atoms. The lowest BCUT2D eigenvalue weighted by Crippen LogP contribution is -2.13. The number of benzene rings is 1. The molecule has 0 aliphatic rings. The third-order valence-electron chi connectivity index (χ3n) is 4.83. The zero-order valence-corrected chi connectivity index (χ0v) is 17.1. The van der Waals surface area contributed by atoms with E-state index in [0.29, 0.717) is 5.02 Å². The predicted molar refractivity (Wildman–Crippen MR) is 118 cm³/mol. The van der Waals surface area contributed by atoms with E-state index >= 15 is 0 Å². The smallest absolute Gasteiger partial charge is 0.224 e. The van der Waals surface area contributed by atoms with Crippen molar-refractivity contribution in [2.24, 2.45) is 0 Å². The van der Waals surface area contributed by atoms with Crippen molar-refractivity contribution < 1.29 is 0 Å². The summed E-state index contributed by atoms with van der Waals surface area (Å²) < 4.78 is 2.00. The first-order chi connectivity index (χ1) is 14.4. The number of nitrogens with one attached hydrogen (secondary N) is 1. The molecule has 4 aromatic rings. The van der Waals surface area contributed by atoms with Gasteiger partial charge in [-0.25, -0.2) is 4.98 Å². The largest absolute Gasteiger partial charge is 0.382 e. The molecule has 1 atom stereocenters. The lowest BCUT2D eigenvalue weighted by atomic mass is 10.1. The zero-order chi connectivity index (χ0) is 21.4. The Kier molecular flexibility index (Phi) is 4.90. The lowest BCUT2D eigenvalue weighted by Gasteiger charge is -2.16. The van der Waals surface area contributed by atoms with E-state index in [0.717, 1.165) is 27.8 Å². The summed E-state index contributed by atoms with van der Waals surface area (Å²) in [6.07, 6.45) is 3.66. The molecule has 3 aromatic heterocycles. The number of aryl methyl sites for hydroxylation is 1. The highest BCUT2D eigenvalue weighted by molar-refractivity contribution is 6.35. The van der Waals surface area contributed by atoms with Crippen molar-refractivity contribution in [3.05, 3.63) is 64.4 Å². The maximum Gasteiger partial charge on any atom is 0.224 e. The van der Waals surface area contributed by atoms with E-state index in [1.54, 1.807) is 12.3 Å². The molecule has 8 nitrogen and oxygen atoms in total. The molecule has 9 heteroatoms. The predicted octanol–water partition coefficient (Wildman–Crippen LogP) is 3.99. The number of halogens is 1. The SMILES string of the molecule is Cc1cccc(-n2cc([C@H](C)Nc3nc(N)nc(N)c3C#N)c3c(Cl)ccnc32)c1. The third-order valence-corrected chi connectivity index (χ3v) is 5.15. The Hall–Kier alpha value is -3.83. The Bertz CT molecular complexity index is 1300. The molecular formula is C21H19ClN8. The molecule has 1 aromatic carbocycles. The quantitative estimate of drug-likeness (QED) is 0.456. The van der Waals surface area contributed by atoms with Crippen LogP contribution < -0.4 is 16.8 Å². The number of rotatable bonds is 4. The minimum Gasteiger partial charge on any atom is -0.382 e. The molecule has 0 spiro atoms. The number of pyridine rings is 1. The molecule has 0 aliphatic carbocycles. The summed E-state index contributed by atoms with van der Waals surface area (Å²) in [6.45, 7) is 3.97. The maximum absolute atomic E-state index is 9.44. The average molecular weight is 419 g/mol. The molecule has 4 rings (SSSR count). The van der Waals surface area contributed by atoms with Gasteiger partial charge in [0.05, 0.1) is 11.1 Å². The van der Waals surface area contributed by atoms with Crippen LogP contribution in [0.15, 0.2) is 42.7 Å². The van der Waals surface area contributed by atoms with Crippen LogP contribution in [0.5, 0.6) is 0 Å². The number of nitrogen functional groups attached to an aromatic ring is 2. The standard InChI is InChI=1S/C21H19ClN8/c1-11-4-3-5-13(8-11)30-10-15(17-16(22)6-7-26-20(17)30)12(2)27-19-14(9-23)18(24)28-21(25)29-19/h3-8,10,12H,1-2H3,(H5,24,25,27,28,29)/t12-/m0/s1. The van der Waals surface area contributed by atoms with Gasteiger partial charge in [0.15, 0.2) is 5.82 Å². The van der Waals surface area contributed by atoms with Gasteiger partial charge in [0.2, 0.25) is 5.95 Å². The fourth-order valence-electron chi connectivity index (χ4n) is 3.44. The Morgan fingerprint density at radius 3 is 2.77 bits per heavy atom. The summed E-state index contributed by atoms with van der Waals surface area (Å²) >= 11 is 6.55. The first-order valence-electron chi connectivity index (χ1n) is 9.21. The normalized spacial score (nSPS) is 11.9. The number of nitriles is 1. The van der Waals surface area contributed by atoms with Gasteiger partial charge in [-0.05, 0) is 37.6 Å². The first kappa shape index (κ1) is 19.5. The van der Waals surface area contributed by atoms with E-state index in [-0.39, 0.29) is 29.2 Å². The maximum atomic E-state index is 9.44. The van der Waals surface area contributed by atoms with Crippen molar-refractivity contribution in [3.8, 4) is 11.8 Å². The Morgan fingerprint density at radius 2 is 2.03 bits per heavy atom. The third kappa shape index (κ3) is 3.36. The molecule has 0 saturated carbocycles. The van der Waals surface area contributed by atoms with Gasteiger partial charge in [0.25, 0.3) is 0 Å². The number of aromatic nitrogens is 4. The molecule has 5 N–H and O–H groups in total. The summed E-state index contributed by atoms with van der Waals surface area (Å²) in [5.74, 6) is 0.288. The Labute approximate surface area is 178 Å². The van der Waals surface area contributed by atoms with Crippen LogP contribution in [0.4, 0.5) is 17.6 Å². The van der Waals surface area contributed by atoms with E-state index in [1.165, 1.54) is 0 Å². The highest BCUT2D eigenvalue weighted by Gasteiger charge is 2.21. The first-order valence-corrected chi connectivity index (χ1v) is 9.59. The van der Waals surface area contributed by atoms with Crippen molar-refractivity contribution >= 4 is 40.2 Å². The molecule has 0 bridgehead atoms. The highest BCUT2D eigenvalue weighted by Crippen LogP contribution is 2.35. The fourth-order valence-corrected chi connectivity index (χ4v) is 3.69. The van der Waals surface area contributed by atoms with E-state index < -0.39 is 0 Å². The topological polar surface area (TPSA) is 131 Å². The minimum atomic E-state index is -0.277. The summed E-state index contributed by atoms with van der Waals surface area (Å²) in [5.41, 5.74) is 15.4. The van der Waals surface area contributed by atoms with Gasteiger partial charge < -0.3 is 21.4 Å². The summed E-state index contributed by atoms with van der Waals surface area (Å²) in [6, 6.07) is 11.6. The van der Waals surface area contributed by atoms with Crippen molar-refractivity contribution in [2.45, 2.75) is 19.9 Å². The molecular weight excluding hydrogens is 400 g/mol. The molecule has 0 saturated heterocycles. The number of nitrogens with zero attached hydrogens (tertiary/aromatic N) is 5. The van der Waals surface area contributed by atoms with Gasteiger partial charge in [-0.1, -0.05) is 23.7 Å².